The second-order valence-corrected chi connectivity index (χ2v) is 8.74. The topological polar surface area (TPSA) is 84.7 Å². The predicted molar refractivity (Wildman–Crippen MR) is 103 cm³/mol. The average molecular weight is 428 g/mol. The highest BCUT2D eigenvalue weighted by atomic mass is 79.9. The number of rotatable bonds is 4. The van der Waals surface area contributed by atoms with Gasteiger partial charge in [0.15, 0.2) is 0 Å². The number of nitrogens with zero attached hydrogens (tertiary/aromatic N) is 2. The van der Waals surface area contributed by atoms with Crippen LogP contribution in [0.3, 0.4) is 0 Å². The van der Waals surface area contributed by atoms with Crippen LogP contribution >= 0.6 is 15.9 Å². The molecule has 1 N–H and O–H groups in total. The number of ether oxygens (including phenoxy) is 1. The molecule has 0 aromatic heterocycles. The Kier molecular flexibility index (Phi) is 6.63. The van der Waals surface area contributed by atoms with Crippen molar-refractivity contribution in [2.24, 2.45) is 5.92 Å². The highest BCUT2D eigenvalue weighted by Gasteiger charge is 2.29. The molecule has 144 valence electrons. The zero-order chi connectivity index (χ0) is 19.5. The molecule has 8 heteroatoms. The first-order chi connectivity index (χ1) is 12.0. The molecule has 0 radical (unpaired) electrons. The molecular formula is C18H26BrN3O4. The zero-order valence-electron chi connectivity index (χ0n) is 15.6. The summed E-state index contributed by atoms with van der Waals surface area (Å²) in [7, 11) is 0. The monoisotopic (exact) mass is 427 g/mol. The minimum Gasteiger partial charge on any atom is -0.444 e. The Bertz CT molecular complexity index is 675. The van der Waals surface area contributed by atoms with Crippen LogP contribution < -0.4 is 5.32 Å². The number of piperidine rings is 1. The number of hydrogen-bond donors (Lipinski definition) is 1. The van der Waals surface area contributed by atoms with Gasteiger partial charge in [0.2, 0.25) is 0 Å². The number of nitrogens with one attached hydrogen (secondary N) is 1. The lowest BCUT2D eigenvalue weighted by atomic mass is 9.93. The predicted octanol–water partition coefficient (Wildman–Crippen LogP) is 4.09. The first-order valence-corrected chi connectivity index (χ1v) is 9.48. The van der Waals surface area contributed by atoms with Crippen LogP contribution in [-0.4, -0.2) is 40.6 Å². The second kappa shape index (κ2) is 8.35. The number of alkyl carbamates (subject to hydrolysis) is 1. The third-order valence-corrected chi connectivity index (χ3v) is 4.71. The van der Waals surface area contributed by atoms with Crippen molar-refractivity contribution in [3.8, 4) is 0 Å². The molecule has 0 bridgehead atoms. The molecule has 1 saturated heterocycles. The van der Waals surface area contributed by atoms with Crippen molar-refractivity contribution in [2.75, 3.05) is 13.1 Å². The molecule has 0 aliphatic carbocycles. The van der Waals surface area contributed by atoms with E-state index in [4.69, 9.17) is 4.74 Å². The van der Waals surface area contributed by atoms with Gasteiger partial charge in [-0.2, -0.15) is 0 Å². The fraction of sp³-hybridized carbons (Fsp3) is 0.611. The summed E-state index contributed by atoms with van der Waals surface area (Å²) in [6.45, 7) is 9.88. The zero-order valence-corrected chi connectivity index (χ0v) is 17.2. The van der Waals surface area contributed by atoms with Crippen molar-refractivity contribution in [3.63, 3.8) is 0 Å². The molecule has 7 nitrogen and oxygen atoms in total. The third-order valence-electron chi connectivity index (χ3n) is 4.25. The van der Waals surface area contributed by atoms with Gasteiger partial charge in [0.25, 0.3) is 5.69 Å². The number of hydrogen-bond acceptors (Lipinski definition) is 5. The lowest BCUT2D eigenvalue weighted by molar-refractivity contribution is -0.385. The lowest BCUT2D eigenvalue weighted by Crippen LogP contribution is -2.50. The van der Waals surface area contributed by atoms with E-state index in [9.17, 15) is 14.9 Å². The summed E-state index contributed by atoms with van der Waals surface area (Å²) in [4.78, 5) is 24.9. The number of amides is 1. The fourth-order valence-electron chi connectivity index (χ4n) is 3.14. The summed E-state index contributed by atoms with van der Waals surface area (Å²) < 4.78 is 6.03. The first kappa shape index (κ1) is 20.6. The molecule has 26 heavy (non-hydrogen) atoms. The highest BCUT2D eigenvalue weighted by molar-refractivity contribution is 9.10. The van der Waals surface area contributed by atoms with Crippen LogP contribution in [0.25, 0.3) is 0 Å². The highest BCUT2D eigenvalue weighted by Crippen LogP contribution is 2.24. The molecule has 2 rings (SSSR count). The first-order valence-electron chi connectivity index (χ1n) is 8.69. The largest absolute Gasteiger partial charge is 0.444 e. The van der Waals surface area contributed by atoms with Gasteiger partial charge in [0.1, 0.15) is 5.60 Å². The SMILES string of the molecule is CC1CN(Cc2cc(Br)cc([N+](=O)[O-])c2)CCC1NC(=O)OC(C)(C)C. The van der Waals surface area contributed by atoms with Crippen LogP contribution in [0.15, 0.2) is 22.7 Å². The van der Waals surface area contributed by atoms with Crippen LogP contribution in [0.4, 0.5) is 10.5 Å². The van der Waals surface area contributed by atoms with Crippen LogP contribution in [0.2, 0.25) is 0 Å². The summed E-state index contributed by atoms with van der Waals surface area (Å²) in [5, 5.41) is 14.0. The standard InChI is InChI=1S/C18H26BrN3O4/c1-12-10-21(6-5-16(12)20-17(23)26-18(2,3)4)11-13-7-14(19)9-15(8-13)22(24)25/h7-9,12,16H,5-6,10-11H2,1-4H3,(H,20,23). The Labute approximate surface area is 162 Å². The number of non-ortho nitro benzene ring substituents is 1. The van der Waals surface area contributed by atoms with Gasteiger partial charge in [-0.15, -0.1) is 0 Å². The molecule has 2 atom stereocenters. The van der Waals surface area contributed by atoms with Gasteiger partial charge in [-0.05, 0) is 44.7 Å². The second-order valence-electron chi connectivity index (χ2n) is 7.83. The van der Waals surface area contributed by atoms with E-state index >= 15 is 0 Å². The maximum absolute atomic E-state index is 12.0. The van der Waals surface area contributed by atoms with Crippen molar-refractivity contribution in [1.82, 2.24) is 10.2 Å². The van der Waals surface area contributed by atoms with Gasteiger partial charge < -0.3 is 10.1 Å². The lowest BCUT2D eigenvalue weighted by Gasteiger charge is -2.37. The fourth-order valence-corrected chi connectivity index (χ4v) is 3.67. The molecule has 2 unspecified atom stereocenters. The van der Waals surface area contributed by atoms with Crippen LogP contribution in [-0.2, 0) is 11.3 Å². The average Bonchev–Trinajstić information content (AvgIpc) is 2.47. The Morgan fingerprint density at radius 2 is 2.12 bits per heavy atom. The molecule has 1 aliphatic heterocycles. The van der Waals surface area contributed by atoms with Gasteiger partial charge in [-0.25, -0.2) is 4.79 Å². The van der Waals surface area contributed by atoms with Gasteiger partial charge in [-0.3, -0.25) is 15.0 Å². The summed E-state index contributed by atoms with van der Waals surface area (Å²) >= 11 is 3.33. The summed E-state index contributed by atoms with van der Waals surface area (Å²) in [6, 6.07) is 5.09. The molecule has 0 saturated carbocycles. The molecular weight excluding hydrogens is 402 g/mol. The van der Waals surface area contributed by atoms with E-state index in [-0.39, 0.29) is 28.7 Å². The van der Waals surface area contributed by atoms with Gasteiger partial charge in [0.05, 0.1) is 4.92 Å². The molecule has 1 fully saturated rings. The molecule has 1 aliphatic rings. The summed E-state index contributed by atoms with van der Waals surface area (Å²) in [5.74, 6) is 0.262. The Morgan fingerprint density at radius 1 is 1.42 bits per heavy atom. The van der Waals surface area contributed by atoms with E-state index in [1.165, 1.54) is 6.07 Å². The molecule has 1 aromatic rings. The number of carbonyl (C=O) groups excluding carboxylic acids is 1. The maximum Gasteiger partial charge on any atom is 0.407 e. The normalized spacial score (nSPS) is 21.3. The van der Waals surface area contributed by atoms with E-state index in [2.05, 4.69) is 33.1 Å². The minimum atomic E-state index is -0.510. The van der Waals surface area contributed by atoms with Crippen molar-refractivity contribution in [3.05, 3.63) is 38.3 Å². The van der Waals surface area contributed by atoms with E-state index in [1.807, 2.05) is 26.8 Å². The minimum absolute atomic E-state index is 0.0675. The smallest absolute Gasteiger partial charge is 0.407 e. The van der Waals surface area contributed by atoms with Gasteiger partial charge in [-0.1, -0.05) is 22.9 Å². The van der Waals surface area contributed by atoms with E-state index < -0.39 is 5.60 Å². The van der Waals surface area contributed by atoms with Crippen molar-refractivity contribution < 1.29 is 14.5 Å². The quantitative estimate of drug-likeness (QED) is 0.577. The molecule has 0 spiro atoms. The Morgan fingerprint density at radius 3 is 2.69 bits per heavy atom. The number of likely N-dealkylation sites (tertiary alicyclic amines) is 1. The maximum atomic E-state index is 12.0. The number of benzene rings is 1. The Balaban J connectivity index is 1.92. The van der Waals surface area contributed by atoms with Crippen LogP contribution in [0.1, 0.15) is 39.7 Å². The number of halogens is 1. The number of nitro benzene ring substituents is 1. The van der Waals surface area contributed by atoms with Crippen LogP contribution in [0.5, 0.6) is 0 Å². The van der Waals surface area contributed by atoms with E-state index in [0.717, 1.165) is 25.1 Å². The molecule has 1 amide bonds. The van der Waals surface area contributed by atoms with Crippen molar-refractivity contribution in [1.29, 1.82) is 0 Å². The van der Waals surface area contributed by atoms with Crippen molar-refractivity contribution >= 4 is 27.7 Å². The van der Waals surface area contributed by atoms with E-state index in [0.29, 0.717) is 11.0 Å². The molecule has 1 heterocycles. The number of carbonyl (C=O) groups is 1. The van der Waals surface area contributed by atoms with Crippen LogP contribution in [0, 0.1) is 16.0 Å². The number of nitro groups is 1. The summed E-state index contributed by atoms with van der Waals surface area (Å²) in [6.07, 6.45) is 0.432. The van der Waals surface area contributed by atoms with E-state index in [1.54, 1.807) is 6.07 Å². The van der Waals surface area contributed by atoms with Gasteiger partial charge in [0, 0.05) is 42.3 Å². The third kappa shape index (κ3) is 6.25. The molecule has 1 aromatic carbocycles. The Hall–Kier alpha value is -1.67. The van der Waals surface area contributed by atoms with Crippen molar-refractivity contribution in [2.45, 2.75) is 52.3 Å². The summed E-state index contributed by atoms with van der Waals surface area (Å²) in [5.41, 5.74) is 0.476. The van der Waals surface area contributed by atoms with Gasteiger partial charge >= 0.3 is 6.09 Å².